The summed E-state index contributed by atoms with van der Waals surface area (Å²) in [7, 11) is 0. The zero-order valence-electron chi connectivity index (χ0n) is 11.3. The van der Waals surface area contributed by atoms with Crippen molar-refractivity contribution >= 4 is 28.8 Å². The molecule has 5 heteroatoms. The molecule has 1 N–H and O–H groups in total. The number of hydrogen-bond acceptors (Lipinski definition) is 4. The van der Waals surface area contributed by atoms with Crippen molar-refractivity contribution in [3.63, 3.8) is 0 Å². The Hall–Kier alpha value is -2.64. The number of aryl methyl sites for hydroxylation is 1. The van der Waals surface area contributed by atoms with Crippen LogP contribution in [-0.2, 0) is 0 Å². The van der Waals surface area contributed by atoms with Crippen LogP contribution in [0.1, 0.15) is 15.9 Å². The van der Waals surface area contributed by atoms with E-state index in [1.807, 2.05) is 25.1 Å². The van der Waals surface area contributed by atoms with Gasteiger partial charge in [-0.25, -0.2) is 0 Å². The third-order valence-electron chi connectivity index (χ3n) is 2.75. The van der Waals surface area contributed by atoms with Gasteiger partial charge in [-0.15, -0.1) is 0 Å². The zero-order chi connectivity index (χ0) is 15.2. The second-order valence-electron chi connectivity index (χ2n) is 4.36. The first-order valence-corrected chi connectivity index (χ1v) is 6.59. The summed E-state index contributed by atoms with van der Waals surface area (Å²) in [5, 5.41) is 13.3. The number of hydrogen-bond donors (Lipinski definition) is 1. The van der Waals surface area contributed by atoms with Crippen LogP contribution in [0.4, 0.5) is 5.69 Å². The number of benzene rings is 2. The minimum Gasteiger partial charge on any atom is -0.286 e. The lowest BCUT2D eigenvalue weighted by atomic mass is 10.1. The molecule has 0 aliphatic heterocycles. The predicted molar refractivity (Wildman–Crippen MR) is 83.6 cm³/mol. The largest absolute Gasteiger partial charge is 0.286 e. The van der Waals surface area contributed by atoms with Gasteiger partial charge in [-0.2, -0.15) is 10.4 Å². The van der Waals surface area contributed by atoms with Crippen LogP contribution in [0, 0.1) is 18.3 Å². The molecule has 2 aromatic rings. The Morgan fingerprint density at radius 2 is 2.00 bits per heavy atom. The molecule has 0 saturated heterocycles. The highest BCUT2D eigenvalue weighted by molar-refractivity contribution is 6.53. The summed E-state index contributed by atoms with van der Waals surface area (Å²) in [6.45, 7) is 1.94. The number of nitrogens with one attached hydrogen (secondary N) is 1. The van der Waals surface area contributed by atoms with E-state index in [-0.39, 0.29) is 11.3 Å². The van der Waals surface area contributed by atoms with Crippen molar-refractivity contribution in [1.29, 1.82) is 5.26 Å². The van der Waals surface area contributed by atoms with Crippen molar-refractivity contribution in [1.82, 2.24) is 0 Å². The molecule has 0 atom stereocenters. The number of hydrazone groups is 1. The molecule has 0 radical (unpaired) electrons. The van der Waals surface area contributed by atoms with E-state index in [0.717, 1.165) is 5.56 Å². The lowest BCUT2D eigenvalue weighted by Gasteiger charge is -2.03. The number of carbonyl (C=O) groups excluding carboxylic acids is 1. The van der Waals surface area contributed by atoms with Gasteiger partial charge in [0.2, 0.25) is 11.5 Å². The first-order valence-electron chi connectivity index (χ1n) is 6.21. The Morgan fingerprint density at radius 3 is 2.67 bits per heavy atom. The highest BCUT2D eigenvalue weighted by Gasteiger charge is 2.16. The second-order valence-corrected chi connectivity index (χ2v) is 4.77. The number of nitriles is 1. The van der Waals surface area contributed by atoms with E-state index in [2.05, 4.69) is 10.5 Å². The fourth-order valence-electron chi connectivity index (χ4n) is 1.73. The first-order chi connectivity index (χ1) is 10.1. The SMILES string of the molecule is Cc1cccc(N/N=C(\C#N)C(=O)c2ccccc2Cl)c1. The van der Waals surface area contributed by atoms with E-state index in [1.54, 1.807) is 36.4 Å². The van der Waals surface area contributed by atoms with Gasteiger partial charge < -0.3 is 0 Å². The fraction of sp³-hybridized carbons (Fsp3) is 0.0625. The molecule has 4 nitrogen and oxygen atoms in total. The van der Waals surface area contributed by atoms with E-state index in [0.29, 0.717) is 10.7 Å². The van der Waals surface area contributed by atoms with Gasteiger partial charge in [0.05, 0.1) is 10.7 Å². The van der Waals surface area contributed by atoms with Gasteiger partial charge in [0, 0.05) is 5.56 Å². The molecule has 2 aromatic carbocycles. The van der Waals surface area contributed by atoms with Crippen LogP contribution >= 0.6 is 11.6 Å². The third kappa shape index (κ3) is 3.68. The molecule has 0 aliphatic carbocycles. The average Bonchev–Trinajstić information content (AvgIpc) is 2.48. The van der Waals surface area contributed by atoms with Crippen molar-refractivity contribution in [2.24, 2.45) is 5.10 Å². The van der Waals surface area contributed by atoms with Gasteiger partial charge in [0.1, 0.15) is 6.07 Å². The van der Waals surface area contributed by atoms with E-state index < -0.39 is 5.78 Å². The lowest BCUT2D eigenvalue weighted by molar-refractivity contribution is 0.106. The third-order valence-corrected chi connectivity index (χ3v) is 3.08. The van der Waals surface area contributed by atoms with Crippen LogP contribution in [0.15, 0.2) is 53.6 Å². The number of rotatable bonds is 4. The number of nitrogens with zero attached hydrogens (tertiary/aromatic N) is 2. The maximum atomic E-state index is 12.2. The highest BCUT2D eigenvalue weighted by atomic mass is 35.5. The second kappa shape index (κ2) is 6.69. The van der Waals surface area contributed by atoms with E-state index >= 15 is 0 Å². The van der Waals surface area contributed by atoms with Crippen molar-refractivity contribution in [3.05, 3.63) is 64.7 Å². The van der Waals surface area contributed by atoms with Crippen molar-refractivity contribution < 1.29 is 4.79 Å². The molecular weight excluding hydrogens is 286 g/mol. The molecule has 21 heavy (non-hydrogen) atoms. The summed E-state index contributed by atoms with van der Waals surface area (Å²) in [6, 6.07) is 15.8. The Balaban J connectivity index is 2.24. The lowest BCUT2D eigenvalue weighted by Crippen LogP contribution is -2.14. The smallest absolute Gasteiger partial charge is 0.225 e. The molecular formula is C16H12ClN3O. The van der Waals surface area contributed by atoms with Crippen molar-refractivity contribution in [2.45, 2.75) is 6.92 Å². The minimum absolute atomic E-state index is 0.246. The summed E-state index contributed by atoms with van der Waals surface area (Å²) in [5.74, 6) is -0.511. The van der Waals surface area contributed by atoms with Crippen LogP contribution in [0.2, 0.25) is 5.02 Å². The molecule has 0 fully saturated rings. The molecule has 0 aromatic heterocycles. The number of halogens is 1. The molecule has 0 saturated carbocycles. The Bertz CT molecular complexity index is 747. The van der Waals surface area contributed by atoms with Crippen LogP contribution in [0.5, 0.6) is 0 Å². The normalized spacial score (nSPS) is 10.8. The summed E-state index contributed by atoms with van der Waals surface area (Å²) in [4.78, 5) is 12.2. The topological polar surface area (TPSA) is 65.2 Å². The molecule has 0 amide bonds. The number of carbonyl (C=O) groups is 1. The van der Waals surface area contributed by atoms with Gasteiger partial charge in [0.25, 0.3) is 0 Å². The van der Waals surface area contributed by atoms with Crippen LogP contribution in [0.3, 0.4) is 0 Å². The molecule has 0 bridgehead atoms. The summed E-state index contributed by atoms with van der Waals surface area (Å²) in [6.07, 6.45) is 0. The first kappa shape index (κ1) is 14.8. The monoisotopic (exact) mass is 297 g/mol. The van der Waals surface area contributed by atoms with Gasteiger partial charge in [-0.3, -0.25) is 10.2 Å². The Labute approximate surface area is 127 Å². The van der Waals surface area contributed by atoms with Crippen molar-refractivity contribution in [2.75, 3.05) is 5.43 Å². The molecule has 0 unspecified atom stereocenters. The Kier molecular flexibility index (Phi) is 4.70. The van der Waals surface area contributed by atoms with Gasteiger partial charge in [-0.1, -0.05) is 35.9 Å². The number of ketones is 1. The maximum absolute atomic E-state index is 12.2. The van der Waals surface area contributed by atoms with E-state index in [4.69, 9.17) is 16.9 Å². The van der Waals surface area contributed by atoms with E-state index in [9.17, 15) is 4.79 Å². The molecule has 0 heterocycles. The van der Waals surface area contributed by atoms with Crippen LogP contribution < -0.4 is 5.43 Å². The van der Waals surface area contributed by atoms with Crippen LogP contribution in [0.25, 0.3) is 0 Å². The highest BCUT2D eigenvalue weighted by Crippen LogP contribution is 2.16. The fourth-order valence-corrected chi connectivity index (χ4v) is 1.96. The minimum atomic E-state index is -0.511. The van der Waals surface area contributed by atoms with Crippen LogP contribution in [-0.4, -0.2) is 11.5 Å². The zero-order valence-corrected chi connectivity index (χ0v) is 12.1. The molecule has 0 aliphatic rings. The number of Topliss-reactive ketones (excluding diaryl/α,β-unsaturated/α-hetero) is 1. The number of anilines is 1. The molecule has 0 spiro atoms. The van der Waals surface area contributed by atoms with Gasteiger partial charge >= 0.3 is 0 Å². The van der Waals surface area contributed by atoms with E-state index in [1.165, 1.54) is 0 Å². The summed E-state index contributed by atoms with van der Waals surface area (Å²) < 4.78 is 0. The predicted octanol–water partition coefficient (Wildman–Crippen LogP) is 3.82. The quantitative estimate of drug-likeness (QED) is 0.530. The van der Waals surface area contributed by atoms with Crippen molar-refractivity contribution in [3.8, 4) is 6.07 Å². The standard InChI is InChI=1S/C16H12ClN3O/c1-11-5-4-6-12(9-11)19-20-15(10-18)16(21)13-7-2-3-8-14(13)17/h2-9,19H,1H3/b20-15+. The molecule has 104 valence electrons. The average molecular weight is 298 g/mol. The Morgan fingerprint density at radius 1 is 1.24 bits per heavy atom. The molecule has 2 rings (SSSR count). The van der Waals surface area contributed by atoms with Gasteiger partial charge in [0.15, 0.2) is 0 Å². The summed E-state index contributed by atoms with van der Waals surface area (Å²) in [5.41, 5.74) is 4.47. The summed E-state index contributed by atoms with van der Waals surface area (Å²) >= 11 is 5.95. The van der Waals surface area contributed by atoms with Gasteiger partial charge in [-0.05, 0) is 36.8 Å². The maximum Gasteiger partial charge on any atom is 0.225 e.